The second-order valence-electron chi connectivity index (χ2n) is 9.88. The van der Waals surface area contributed by atoms with E-state index in [0.29, 0.717) is 73.4 Å². The molecule has 2 heterocycles. The van der Waals surface area contributed by atoms with Crippen LogP contribution in [0.4, 0.5) is 0 Å². The minimum absolute atomic E-state index is 0. The molecule has 3 aromatic rings. The number of ether oxygens (including phenoxy) is 4. The van der Waals surface area contributed by atoms with Crippen molar-refractivity contribution in [1.29, 1.82) is 0 Å². The molecule has 1 saturated heterocycles. The maximum atomic E-state index is 13.9. The van der Waals surface area contributed by atoms with Crippen molar-refractivity contribution in [3.8, 4) is 23.0 Å². The number of hydrogen-bond acceptors (Lipinski definition) is 7. The number of rotatable bonds is 8. The number of benzene rings is 3. The van der Waals surface area contributed by atoms with Crippen LogP contribution in [-0.2, 0) is 5.60 Å². The van der Waals surface area contributed by atoms with Crippen LogP contribution in [0.1, 0.15) is 34.0 Å². The summed E-state index contributed by atoms with van der Waals surface area (Å²) in [4.78, 5) is 14.9. The SMILES string of the molecule is COc1cccc(C(=O)C2C[NH+](CC(O)c3ccc4c(c3)OCCO4)CCC2(O)c2cccc(OC)c2)c1.[Cl-]. The Morgan fingerprint density at radius 1 is 1.00 bits per heavy atom. The Morgan fingerprint density at radius 2 is 1.69 bits per heavy atom. The number of methoxy groups -OCH3 is 2. The summed E-state index contributed by atoms with van der Waals surface area (Å²) in [6.45, 7) is 2.30. The summed E-state index contributed by atoms with van der Waals surface area (Å²) < 4.78 is 22.0. The molecule has 5 rings (SSSR count). The lowest BCUT2D eigenvalue weighted by Crippen LogP contribution is -3.15. The Hall–Kier alpha value is -3.30. The van der Waals surface area contributed by atoms with E-state index in [2.05, 4.69) is 0 Å². The third kappa shape index (κ3) is 5.99. The molecule has 1 fully saturated rings. The summed E-state index contributed by atoms with van der Waals surface area (Å²) in [5.41, 5.74) is 0.458. The number of aliphatic hydroxyl groups excluding tert-OH is 1. The number of halogens is 1. The van der Waals surface area contributed by atoms with Gasteiger partial charge in [-0.25, -0.2) is 0 Å². The van der Waals surface area contributed by atoms with E-state index in [1.165, 1.54) is 0 Å². The quantitative estimate of drug-likeness (QED) is 0.313. The van der Waals surface area contributed by atoms with Gasteiger partial charge in [0.25, 0.3) is 0 Å². The molecule has 208 valence electrons. The van der Waals surface area contributed by atoms with E-state index in [1.807, 2.05) is 36.4 Å². The van der Waals surface area contributed by atoms with Crippen molar-refractivity contribution in [2.24, 2.45) is 5.92 Å². The molecule has 0 spiro atoms. The first-order chi connectivity index (χ1) is 18.4. The number of aliphatic hydroxyl groups is 2. The van der Waals surface area contributed by atoms with E-state index in [9.17, 15) is 15.0 Å². The molecule has 8 nitrogen and oxygen atoms in total. The Bertz CT molecular complexity index is 1300. The average Bonchev–Trinajstić information content (AvgIpc) is 2.97. The Labute approximate surface area is 234 Å². The third-order valence-electron chi connectivity index (χ3n) is 7.60. The van der Waals surface area contributed by atoms with E-state index < -0.39 is 17.6 Å². The van der Waals surface area contributed by atoms with Gasteiger partial charge in [0.05, 0.1) is 27.3 Å². The minimum Gasteiger partial charge on any atom is -1.00 e. The number of likely N-dealkylation sites (tertiary alicyclic amines) is 1. The monoisotopic (exact) mass is 555 g/mol. The lowest BCUT2D eigenvalue weighted by Gasteiger charge is -2.42. The van der Waals surface area contributed by atoms with Crippen molar-refractivity contribution >= 4 is 5.78 Å². The maximum Gasteiger partial charge on any atom is 0.174 e. The van der Waals surface area contributed by atoms with Crippen molar-refractivity contribution in [3.63, 3.8) is 0 Å². The third-order valence-corrected chi connectivity index (χ3v) is 7.60. The molecule has 2 aliphatic rings. The first kappa shape index (κ1) is 28.7. The van der Waals surface area contributed by atoms with Crippen LogP contribution in [0.15, 0.2) is 66.7 Å². The second-order valence-corrected chi connectivity index (χ2v) is 9.88. The molecule has 0 aromatic heterocycles. The van der Waals surface area contributed by atoms with Crippen molar-refractivity contribution < 1.29 is 51.3 Å². The lowest BCUT2D eigenvalue weighted by molar-refractivity contribution is -0.914. The summed E-state index contributed by atoms with van der Waals surface area (Å²) in [6, 6.07) is 19.7. The van der Waals surface area contributed by atoms with E-state index >= 15 is 0 Å². The molecule has 3 aromatic carbocycles. The van der Waals surface area contributed by atoms with Crippen molar-refractivity contribution in [2.75, 3.05) is 47.1 Å². The number of carbonyl (C=O) groups excluding carboxylic acids is 1. The fourth-order valence-electron chi connectivity index (χ4n) is 5.47. The molecular weight excluding hydrogens is 522 g/mol. The molecule has 0 radical (unpaired) electrons. The van der Waals surface area contributed by atoms with Crippen molar-refractivity contribution in [1.82, 2.24) is 0 Å². The first-order valence-corrected chi connectivity index (χ1v) is 12.9. The highest BCUT2D eigenvalue weighted by Crippen LogP contribution is 2.38. The first-order valence-electron chi connectivity index (χ1n) is 12.9. The van der Waals surface area contributed by atoms with Crippen LogP contribution in [0.2, 0.25) is 0 Å². The number of carbonyl (C=O) groups is 1. The Balaban J connectivity index is 0.00000353. The zero-order valence-corrected chi connectivity index (χ0v) is 22.8. The van der Waals surface area contributed by atoms with Crippen molar-refractivity contribution in [2.45, 2.75) is 18.1 Å². The van der Waals surface area contributed by atoms with Crippen LogP contribution in [0, 0.1) is 5.92 Å². The normalized spacial score (nSPS) is 22.8. The molecular formula is C30H34ClNO7. The molecule has 0 bridgehead atoms. The van der Waals surface area contributed by atoms with Crippen LogP contribution >= 0.6 is 0 Å². The number of fused-ring (bicyclic) bond motifs is 1. The fourth-order valence-corrected chi connectivity index (χ4v) is 5.47. The van der Waals surface area contributed by atoms with E-state index in [-0.39, 0.29) is 18.2 Å². The van der Waals surface area contributed by atoms with Crippen LogP contribution in [0.3, 0.4) is 0 Å². The van der Waals surface area contributed by atoms with Gasteiger partial charge in [-0.2, -0.15) is 0 Å². The van der Waals surface area contributed by atoms with E-state index in [0.717, 1.165) is 10.5 Å². The van der Waals surface area contributed by atoms with E-state index in [4.69, 9.17) is 18.9 Å². The number of ketones is 1. The summed E-state index contributed by atoms with van der Waals surface area (Å²) in [7, 11) is 3.13. The van der Waals surface area contributed by atoms with Gasteiger partial charge in [-0.05, 0) is 47.5 Å². The van der Waals surface area contributed by atoms with Gasteiger partial charge in [0.2, 0.25) is 0 Å². The number of quaternary nitrogens is 1. The number of hydrogen-bond donors (Lipinski definition) is 3. The molecule has 0 amide bonds. The van der Waals surface area contributed by atoms with Gasteiger partial charge in [0.1, 0.15) is 48.9 Å². The van der Waals surface area contributed by atoms with Crippen molar-refractivity contribution in [3.05, 3.63) is 83.4 Å². The molecule has 39 heavy (non-hydrogen) atoms. The fraction of sp³-hybridized carbons (Fsp3) is 0.367. The predicted octanol–water partition coefficient (Wildman–Crippen LogP) is -0.812. The minimum atomic E-state index is -1.39. The summed E-state index contributed by atoms with van der Waals surface area (Å²) in [5, 5.41) is 23.2. The number of nitrogens with one attached hydrogen (secondary N) is 1. The highest BCUT2D eigenvalue weighted by molar-refractivity contribution is 5.99. The maximum absolute atomic E-state index is 13.9. The van der Waals surface area contributed by atoms with Gasteiger partial charge in [-0.3, -0.25) is 4.79 Å². The van der Waals surface area contributed by atoms with Gasteiger partial charge in [0, 0.05) is 12.0 Å². The molecule has 9 heteroatoms. The number of piperidine rings is 1. The Kier molecular flexibility index (Phi) is 9.02. The van der Waals surface area contributed by atoms with Gasteiger partial charge in [0.15, 0.2) is 17.3 Å². The van der Waals surface area contributed by atoms with Crippen LogP contribution in [0.25, 0.3) is 0 Å². The largest absolute Gasteiger partial charge is 1.00 e. The summed E-state index contributed by atoms with van der Waals surface area (Å²) >= 11 is 0. The zero-order chi connectivity index (χ0) is 26.7. The average molecular weight is 556 g/mol. The topological polar surface area (TPSA) is 98.9 Å². The summed E-state index contributed by atoms with van der Waals surface area (Å²) in [5.74, 6) is 1.59. The smallest absolute Gasteiger partial charge is 0.174 e. The molecule has 4 unspecified atom stereocenters. The van der Waals surface area contributed by atoms with E-state index in [1.54, 1.807) is 44.6 Å². The zero-order valence-electron chi connectivity index (χ0n) is 22.1. The van der Waals surface area contributed by atoms with Crippen LogP contribution < -0.4 is 36.3 Å². The predicted molar refractivity (Wildman–Crippen MR) is 140 cm³/mol. The standard InChI is InChI=1S/C30H33NO7.ClH/c1-35-23-7-3-5-21(15-23)29(33)25-18-31(12-11-30(25,34)22-6-4-8-24(17-22)36-2)19-26(32)20-9-10-27-28(16-20)38-14-13-37-27;/h3-10,15-17,25-26,32,34H,11-14,18-19H2,1-2H3;1H. The molecule has 3 N–H and O–H groups in total. The lowest BCUT2D eigenvalue weighted by atomic mass is 9.72. The van der Waals surface area contributed by atoms with Gasteiger partial charge in [-0.1, -0.05) is 30.3 Å². The highest BCUT2D eigenvalue weighted by atomic mass is 35.5. The summed E-state index contributed by atoms with van der Waals surface area (Å²) in [6.07, 6.45) is -0.416. The van der Waals surface area contributed by atoms with Gasteiger partial charge >= 0.3 is 0 Å². The highest BCUT2D eigenvalue weighted by Gasteiger charge is 2.49. The second kappa shape index (κ2) is 12.3. The molecule has 4 atom stereocenters. The number of Topliss-reactive ketones (excluding diaryl/α,β-unsaturated/α-hetero) is 1. The molecule has 2 aliphatic heterocycles. The molecule has 0 saturated carbocycles. The van der Waals surface area contributed by atoms with Gasteiger partial charge in [-0.15, -0.1) is 0 Å². The van der Waals surface area contributed by atoms with Crippen LogP contribution in [-0.4, -0.2) is 63.1 Å². The van der Waals surface area contributed by atoms with Gasteiger partial charge < -0.3 is 46.5 Å². The Morgan fingerprint density at radius 3 is 2.44 bits per heavy atom. The van der Waals surface area contributed by atoms with Crippen LogP contribution in [0.5, 0.6) is 23.0 Å². The molecule has 0 aliphatic carbocycles.